The number of rotatable bonds is 4. The Balaban J connectivity index is 2.39. The molecule has 0 amide bonds. The van der Waals surface area contributed by atoms with Crippen LogP contribution in [0.3, 0.4) is 0 Å². The van der Waals surface area contributed by atoms with Gasteiger partial charge in [0, 0.05) is 11.8 Å². The minimum atomic E-state index is -0.568. The van der Waals surface area contributed by atoms with Crippen molar-refractivity contribution in [3.05, 3.63) is 71.8 Å². The van der Waals surface area contributed by atoms with Gasteiger partial charge < -0.3 is 5.11 Å². The van der Waals surface area contributed by atoms with E-state index >= 15 is 0 Å². The Labute approximate surface area is 107 Å². The molecule has 2 aromatic carbocycles. The molecule has 1 N–H and O–H groups in total. The zero-order valence-electron chi connectivity index (χ0n) is 9.46. The van der Waals surface area contributed by atoms with Crippen molar-refractivity contribution >= 4 is 11.6 Å². The molecule has 0 aliphatic rings. The SMILES string of the molecule is O[C@@H](CCl)C(c1ccccc1)c1ccccc1. The second-order valence-corrected chi connectivity index (χ2v) is 4.33. The van der Waals surface area contributed by atoms with Crippen molar-refractivity contribution in [1.82, 2.24) is 0 Å². The molecule has 0 heterocycles. The minimum Gasteiger partial charge on any atom is -0.391 e. The summed E-state index contributed by atoms with van der Waals surface area (Å²) in [5.74, 6) is 0.170. The maximum Gasteiger partial charge on any atom is 0.0784 e. The first-order valence-corrected chi connectivity index (χ1v) is 6.20. The van der Waals surface area contributed by atoms with Crippen molar-refractivity contribution in [2.75, 3.05) is 5.88 Å². The second-order valence-electron chi connectivity index (χ2n) is 4.02. The predicted octanol–water partition coefficient (Wildman–Crippen LogP) is 3.42. The van der Waals surface area contributed by atoms with Gasteiger partial charge in [-0.15, -0.1) is 11.6 Å². The summed E-state index contributed by atoms with van der Waals surface area (Å²) in [5.41, 5.74) is 2.18. The molecule has 1 atom stereocenters. The van der Waals surface area contributed by atoms with Crippen LogP contribution in [-0.4, -0.2) is 17.1 Å². The van der Waals surface area contributed by atoms with Crippen LogP contribution in [0.5, 0.6) is 0 Å². The maximum atomic E-state index is 10.1. The van der Waals surface area contributed by atoms with Crippen LogP contribution >= 0.6 is 11.6 Å². The van der Waals surface area contributed by atoms with Crippen molar-refractivity contribution in [2.45, 2.75) is 12.0 Å². The molecule has 88 valence electrons. The van der Waals surface area contributed by atoms with Crippen LogP contribution < -0.4 is 0 Å². The third kappa shape index (κ3) is 2.87. The van der Waals surface area contributed by atoms with E-state index in [9.17, 15) is 5.11 Å². The quantitative estimate of drug-likeness (QED) is 0.820. The first-order chi connectivity index (χ1) is 8.33. The minimum absolute atomic E-state index is 0.0603. The number of alkyl halides is 1. The lowest BCUT2D eigenvalue weighted by Gasteiger charge is -2.22. The first kappa shape index (κ1) is 12.2. The fraction of sp³-hybridized carbons (Fsp3) is 0.200. The molecule has 0 radical (unpaired) electrons. The summed E-state index contributed by atoms with van der Waals surface area (Å²) >= 11 is 5.80. The van der Waals surface area contributed by atoms with Gasteiger partial charge in [0.05, 0.1) is 6.10 Å². The average molecular weight is 247 g/mol. The van der Waals surface area contributed by atoms with E-state index in [-0.39, 0.29) is 11.8 Å². The molecule has 0 saturated heterocycles. The molecule has 0 aliphatic carbocycles. The smallest absolute Gasteiger partial charge is 0.0784 e. The van der Waals surface area contributed by atoms with Gasteiger partial charge in [-0.1, -0.05) is 60.7 Å². The van der Waals surface area contributed by atoms with Crippen molar-refractivity contribution in [3.8, 4) is 0 Å². The third-order valence-electron chi connectivity index (χ3n) is 2.86. The Morgan fingerprint density at radius 3 is 1.59 bits per heavy atom. The van der Waals surface area contributed by atoms with E-state index in [4.69, 9.17) is 11.6 Å². The molecule has 2 heteroatoms. The van der Waals surface area contributed by atoms with Gasteiger partial charge in [-0.25, -0.2) is 0 Å². The van der Waals surface area contributed by atoms with Gasteiger partial charge in [0.25, 0.3) is 0 Å². The van der Waals surface area contributed by atoms with Gasteiger partial charge >= 0.3 is 0 Å². The molecule has 0 aromatic heterocycles. The highest BCUT2D eigenvalue weighted by Gasteiger charge is 2.21. The van der Waals surface area contributed by atoms with Gasteiger partial charge in [0.1, 0.15) is 0 Å². The normalized spacial score (nSPS) is 12.6. The lowest BCUT2D eigenvalue weighted by atomic mass is 9.87. The molecule has 0 bridgehead atoms. The molecule has 0 fully saturated rings. The topological polar surface area (TPSA) is 20.2 Å². The summed E-state index contributed by atoms with van der Waals surface area (Å²) in [4.78, 5) is 0. The van der Waals surface area contributed by atoms with Crippen LogP contribution in [0, 0.1) is 0 Å². The van der Waals surface area contributed by atoms with E-state index < -0.39 is 6.10 Å². The third-order valence-corrected chi connectivity index (χ3v) is 3.18. The molecule has 2 rings (SSSR count). The Bertz CT molecular complexity index is 401. The fourth-order valence-corrected chi connectivity index (χ4v) is 2.22. The van der Waals surface area contributed by atoms with Crippen molar-refractivity contribution in [1.29, 1.82) is 0 Å². The number of hydrogen-bond acceptors (Lipinski definition) is 1. The van der Waals surface area contributed by atoms with Crippen LogP contribution in [0.2, 0.25) is 0 Å². The molecule has 1 nitrogen and oxygen atoms in total. The summed E-state index contributed by atoms with van der Waals surface area (Å²) in [5, 5.41) is 10.1. The first-order valence-electron chi connectivity index (χ1n) is 5.67. The summed E-state index contributed by atoms with van der Waals surface area (Å²) in [6, 6.07) is 19.9. The number of halogens is 1. The van der Waals surface area contributed by atoms with Crippen LogP contribution in [0.1, 0.15) is 17.0 Å². The fourth-order valence-electron chi connectivity index (χ4n) is 2.05. The van der Waals surface area contributed by atoms with Gasteiger partial charge in [-0.2, -0.15) is 0 Å². The van der Waals surface area contributed by atoms with Gasteiger partial charge in [0.2, 0.25) is 0 Å². The number of aliphatic hydroxyl groups is 1. The monoisotopic (exact) mass is 246 g/mol. The molecule has 0 spiro atoms. The zero-order chi connectivity index (χ0) is 12.1. The highest BCUT2D eigenvalue weighted by atomic mass is 35.5. The number of hydrogen-bond donors (Lipinski definition) is 1. The van der Waals surface area contributed by atoms with Crippen LogP contribution in [0.15, 0.2) is 60.7 Å². The Kier molecular flexibility index (Phi) is 4.18. The maximum absolute atomic E-state index is 10.1. The van der Waals surface area contributed by atoms with Crippen molar-refractivity contribution in [3.63, 3.8) is 0 Å². The van der Waals surface area contributed by atoms with E-state index in [1.54, 1.807) is 0 Å². The van der Waals surface area contributed by atoms with Crippen LogP contribution in [-0.2, 0) is 0 Å². The molecule has 0 saturated carbocycles. The second kappa shape index (κ2) is 5.85. The Morgan fingerprint density at radius 1 is 0.824 bits per heavy atom. The van der Waals surface area contributed by atoms with Crippen molar-refractivity contribution in [2.24, 2.45) is 0 Å². The molecule has 0 unspecified atom stereocenters. The Hall–Kier alpha value is -1.31. The van der Waals surface area contributed by atoms with Crippen molar-refractivity contribution < 1.29 is 5.11 Å². The molecule has 0 aliphatic heterocycles. The van der Waals surface area contributed by atoms with Gasteiger partial charge in [-0.3, -0.25) is 0 Å². The molecular formula is C15H15ClO. The van der Waals surface area contributed by atoms with Gasteiger partial charge in [0.15, 0.2) is 0 Å². The number of benzene rings is 2. The summed E-state index contributed by atoms with van der Waals surface area (Å²) in [6.07, 6.45) is -0.568. The number of aliphatic hydroxyl groups excluding tert-OH is 1. The summed E-state index contributed by atoms with van der Waals surface area (Å²) < 4.78 is 0. The van der Waals surface area contributed by atoms with Crippen LogP contribution in [0.25, 0.3) is 0 Å². The van der Waals surface area contributed by atoms with Gasteiger partial charge in [-0.05, 0) is 11.1 Å². The van der Waals surface area contributed by atoms with Crippen LogP contribution in [0.4, 0.5) is 0 Å². The zero-order valence-corrected chi connectivity index (χ0v) is 10.2. The van der Waals surface area contributed by atoms with E-state index in [2.05, 4.69) is 0 Å². The lowest BCUT2D eigenvalue weighted by Crippen LogP contribution is -2.21. The summed E-state index contributed by atoms with van der Waals surface area (Å²) in [7, 11) is 0. The largest absolute Gasteiger partial charge is 0.391 e. The van der Waals surface area contributed by atoms with E-state index in [1.807, 2.05) is 60.7 Å². The molecular weight excluding hydrogens is 232 g/mol. The highest BCUT2D eigenvalue weighted by molar-refractivity contribution is 6.18. The summed E-state index contributed by atoms with van der Waals surface area (Å²) in [6.45, 7) is 0. The van der Waals surface area contributed by atoms with E-state index in [0.717, 1.165) is 11.1 Å². The predicted molar refractivity (Wildman–Crippen MR) is 71.5 cm³/mol. The average Bonchev–Trinajstić information content (AvgIpc) is 2.41. The van der Waals surface area contributed by atoms with E-state index in [1.165, 1.54) is 0 Å². The molecule has 17 heavy (non-hydrogen) atoms. The lowest BCUT2D eigenvalue weighted by molar-refractivity contribution is 0.179. The highest BCUT2D eigenvalue weighted by Crippen LogP contribution is 2.28. The Morgan fingerprint density at radius 2 is 1.24 bits per heavy atom. The van der Waals surface area contributed by atoms with E-state index in [0.29, 0.717) is 0 Å². The standard InChI is InChI=1S/C15H15ClO/c16-11-14(17)15(12-7-3-1-4-8-12)13-9-5-2-6-10-13/h1-10,14-15,17H,11H2/t14-/m0/s1. The molecule has 2 aromatic rings.